The van der Waals surface area contributed by atoms with Crippen molar-refractivity contribution in [3.05, 3.63) is 45.5 Å². The van der Waals surface area contributed by atoms with E-state index < -0.39 is 0 Å². The Kier molecular flexibility index (Phi) is 4.39. The number of thiophene rings is 1. The summed E-state index contributed by atoms with van der Waals surface area (Å²) in [5, 5.41) is 10.4. The third-order valence-electron chi connectivity index (χ3n) is 5.86. The second kappa shape index (κ2) is 7.03. The average Bonchev–Trinajstić information content (AvgIpc) is 3.18. The van der Waals surface area contributed by atoms with Crippen LogP contribution in [0.2, 0.25) is 0 Å². The Hall–Kier alpha value is -2.28. The van der Waals surface area contributed by atoms with Crippen LogP contribution < -0.4 is 10.9 Å². The van der Waals surface area contributed by atoms with Crippen LogP contribution >= 0.6 is 11.3 Å². The second-order valence-electron chi connectivity index (χ2n) is 7.61. The summed E-state index contributed by atoms with van der Waals surface area (Å²) in [6.45, 7) is 0. The number of hydrogen-bond acceptors (Lipinski definition) is 6. The number of hydrogen-bond donors (Lipinski definition) is 1. The molecule has 27 heavy (non-hydrogen) atoms. The lowest BCUT2D eigenvalue weighted by molar-refractivity contribution is 0.300. The maximum atomic E-state index is 12.5. The normalized spacial score (nSPS) is 22.5. The minimum atomic E-state index is 0.0724. The third kappa shape index (κ3) is 3.25. The molecule has 0 amide bonds. The van der Waals surface area contributed by atoms with E-state index in [0.29, 0.717) is 6.04 Å². The van der Waals surface area contributed by atoms with Gasteiger partial charge in [0.05, 0.1) is 22.0 Å². The van der Waals surface area contributed by atoms with Crippen molar-refractivity contribution in [3.63, 3.8) is 0 Å². The highest BCUT2D eigenvalue weighted by Crippen LogP contribution is 2.31. The van der Waals surface area contributed by atoms with Crippen molar-refractivity contribution < 1.29 is 0 Å². The minimum absolute atomic E-state index is 0.0724. The maximum absolute atomic E-state index is 12.5. The van der Waals surface area contributed by atoms with Crippen LogP contribution in [0.5, 0.6) is 0 Å². The molecule has 0 unspecified atom stereocenters. The summed E-state index contributed by atoms with van der Waals surface area (Å²) >= 11 is 1.67. The number of aryl methyl sites for hydroxylation is 2. The summed E-state index contributed by atoms with van der Waals surface area (Å²) in [6.07, 6.45) is 9.99. The molecule has 0 saturated heterocycles. The van der Waals surface area contributed by atoms with E-state index in [0.717, 1.165) is 60.3 Å². The fraction of sp³-hybridized carbons (Fsp3) is 0.500. The molecule has 3 aromatic rings. The fourth-order valence-corrected chi connectivity index (χ4v) is 5.19. The smallest absolute Gasteiger partial charge is 0.267 e. The van der Waals surface area contributed by atoms with Crippen LogP contribution in [0.25, 0.3) is 10.2 Å². The number of nitrogens with one attached hydrogen (secondary N) is 1. The lowest BCUT2D eigenvalue weighted by Crippen LogP contribution is -2.34. The van der Waals surface area contributed by atoms with Crippen LogP contribution in [0.3, 0.4) is 0 Å². The first-order valence-corrected chi connectivity index (χ1v) is 10.7. The molecule has 3 heterocycles. The molecule has 0 bridgehead atoms. The van der Waals surface area contributed by atoms with E-state index in [1.54, 1.807) is 22.3 Å². The first-order chi connectivity index (χ1) is 13.3. The van der Waals surface area contributed by atoms with Crippen molar-refractivity contribution in [2.75, 3.05) is 5.32 Å². The van der Waals surface area contributed by atoms with E-state index in [1.807, 2.05) is 12.1 Å². The number of fused-ring (bicyclic) bond motifs is 2. The Balaban J connectivity index is 1.29. The predicted octanol–water partition coefficient (Wildman–Crippen LogP) is 3.72. The molecule has 6 nitrogen and oxygen atoms in total. The van der Waals surface area contributed by atoms with Gasteiger partial charge in [-0.1, -0.05) is 0 Å². The molecule has 140 valence electrons. The summed E-state index contributed by atoms with van der Waals surface area (Å²) in [6, 6.07) is 4.46. The van der Waals surface area contributed by atoms with E-state index in [-0.39, 0.29) is 11.6 Å². The molecule has 0 aromatic carbocycles. The zero-order valence-electron chi connectivity index (χ0n) is 15.2. The van der Waals surface area contributed by atoms with Crippen molar-refractivity contribution in [1.82, 2.24) is 19.7 Å². The molecule has 1 saturated carbocycles. The monoisotopic (exact) mass is 381 g/mol. The largest absolute Gasteiger partial charge is 0.366 e. The fourth-order valence-electron chi connectivity index (χ4n) is 4.39. The molecule has 0 spiro atoms. The van der Waals surface area contributed by atoms with Gasteiger partial charge in [0.2, 0.25) is 0 Å². The van der Waals surface area contributed by atoms with Gasteiger partial charge in [0.1, 0.15) is 12.1 Å². The van der Waals surface area contributed by atoms with Crippen LogP contribution in [0.4, 0.5) is 5.82 Å². The summed E-state index contributed by atoms with van der Waals surface area (Å²) in [7, 11) is 0. The molecule has 3 aromatic heterocycles. The molecular formula is C20H23N5OS. The van der Waals surface area contributed by atoms with Crippen molar-refractivity contribution >= 4 is 27.4 Å². The van der Waals surface area contributed by atoms with Gasteiger partial charge in [0.15, 0.2) is 0 Å². The zero-order valence-corrected chi connectivity index (χ0v) is 16.0. The minimum Gasteiger partial charge on any atom is -0.366 e. The van der Waals surface area contributed by atoms with Gasteiger partial charge >= 0.3 is 0 Å². The predicted molar refractivity (Wildman–Crippen MR) is 107 cm³/mol. The Morgan fingerprint density at radius 3 is 2.85 bits per heavy atom. The Morgan fingerprint density at radius 2 is 1.96 bits per heavy atom. The van der Waals surface area contributed by atoms with Crippen LogP contribution in [-0.4, -0.2) is 25.8 Å². The van der Waals surface area contributed by atoms with Gasteiger partial charge in [-0.05, 0) is 68.4 Å². The third-order valence-corrected chi connectivity index (χ3v) is 6.77. The van der Waals surface area contributed by atoms with E-state index in [9.17, 15) is 4.79 Å². The Morgan fingerprint density at radius 1 is 1.11 bits per heavy atom. The van der Waals surface area contributed by atoms with Crippen LogP contribution in [0.15, 0.2) is 28.6 Å². The Labute approximate surface area is 161 Å². The molecule has 0 radical (unpaired) electrons. The molecule has 2 aliphatic rings. The van der Waals surface area contributed by atoms with Gasteiger partial charge in [-0.15, -0.1) is 11.3 Å². The highest BCUT2D eigenvalue weighted by Gasteiger charge is 2.25. The quantitative estimate of drug-likeness (QED) is 0.748. The van der Waals surface area contributed by atoms with Crippen molar-refractivity contribution in [2.24, 2.45) is 0 Å². The highest BCUT2D eigenvalue weighted by molar-refractivity contribution is 7.17. The SMILES string of the molecule is O=c1cc2c(nn1C1CCC(Nc3ncnc4ccsc34)CC1)CCCC2. The standard InChI is InChI=1S/C20H23N5OS/c26-18-11-13-3-1-2-4-16(13)24-25(18)15-7-5-14(6-8-15)23-20-19-17(9-10-27-19)21-12-22-20/h9-12,14-15H,1-8H2,(H,21,22,23). The van der Waals surface area contributed by atoms with Gasteiger partial charge in [-0.25, -0.2) is 14.6 Å². The molecule has 0 aliphatic heterocycles. The Bertz CT molecular complexity index is 1020. The van der Waals surface area contributed by atoms with Crippen LogP contribution in [0.1, 0.15) is 55.8 Å². The van der Waals surface area contributed by atoms with E-state index in [4.69, 9.17) is 5.10 Å². The summed E-state index contributed by atoms with van der Waals surface area (Å²) in [4.78, 5) is 21.3. The summed E-state index contributed by atoms with van der Waals surface area (Å²) in [5.41, 5.74) is 3.38. The lowest BCUT2D eigenvalue weighted by atomic mass is 9.91. The van der Waals surface area contributed by atoms with E-state index in [2.05, 4.69) is 20.7 Å². The van der Waals surface area contributed by atoms with Crippen molar-refractivity contribution in [3.8, 4) is 0 Å². The number of nitrogens with zero attached hydrogens (tertiary/aromatic N) is 4. The molecule has 0 atom stereocenters. The second-order valence-corrected chi connectivity index (χ2v) is 8.53. The van der Waals surface area contributed by atoms with Gasteiger partial charge in [-0.2, -0.15) is 5.10 Å². The van der Waals surface area contributed by atoms with Gasteiger partial charge in [0, 0.05) is 12.1 Å². The molecule has 2 aliphatic carbocycles. The molecule has 7 heteroatoms. The average molecular weight is 382 g/mol. The van der Waals surface area contributed by atoms with Gasteiger partial charge in [0.25, 0.3) is 5.56 Å². The molecule has 5 rings (SSSR count). The number of aromatic nitrogens is 4. The topological polar surface area (TPSA) is 72.7 Å². The molecule has 1 fully saturated rings. The highest BCUT2D eigenvalue weighted by atomic mass is 32.1. The van der Waals surface area contributed by atoms with Gasteiger partial charge in [-0.3, -0.25) is 4.79 Å². The first kappa shape index (κ1) is 16.9. The number of anilines is 1. The molecular weight excluding hydrogens is 358 g/mol. The van der Waals surface area contributed by atoms with Gasteiger partial charge < -0.3 is 5.32 Å². The van der Waals surface area contributed by atoms with Crippen molar-refractivity contribution in [1.29, 1.82) is 0 Å². The van der Waals surface area contributed by atoms with Crippen LogP contribution in [0, 0.1) is 0 Å². The molecule has 1 N–H and O–H groups in total. The van der Waals surface area contributed by atoms with E-state index in [1.165, 1.54) is 18.4 Å². The summed E-state index contributed by atoms with van der Waals surface area (Å²) in [5.74, 6) is 0.933. The first-order valence-electron chi connectivity index (χ1n) is 9.84. The lowest BCUT2D eigenvalue weighted by Gasteiger charge is -2.30. The van der Waals surface area contributed by atoms with E-state index >= 15 is 0 Å². The number of rotatable bonds is 3. The van der Waals surface area contributed by atoms with Crippen LogP contribution in [-0.2, 0) is 12.8 Å². The zero-order chi connectivity index (χ0) is 18.2. The maximum Gasteiger partial charge on any atom is 0.267 e. The summed E-state index contributed by atoms with van der Waals surface area (Å²) < 4.78 is 2.88. The van der Waals surface area contributed by atoms with Crippen molar-refractivity contribution in [2.45, 2.75) is 63.5 Å².